The lowest BCUT2D eigenvalue weighted by molar-refractivity contribution is 0.0102. The van der Waals surface area contributed by atoms with Gasteiger partial charge in [0.1, 0.15) is 5.76 Å². The number of rotatable bonds is 4. The first-order valence-corrected chi connectivity index (χ1v) is 7.54. The largest absolute Gasteiger partial charge is 0.372 e. The fraction of sp³-hybridized carbons (Fsp3) is 0.471. The van der Waals surface area contributed by atoms with Crippen molar-refractivity contribution in [1.82, 2.24) is 10.5 Å². The monoisotopic (exact) mass is 286 g/mol. The summed E-state index contributed by atoms with van der Waals surface area (Å²) in [6.45, 7) is 6.54. The Balaban J connectivity index is 1.73. The zero-order chi connectivity index (χ0) is 14.7. The Morgan fingerprint density at radius 3 is 2.81 bits per heavy atom. The van der Waals surface area contributed by atoms with E-state index in [4.69, 9.17) is 9.26 Å². The van der Waals surface area contributed by atoms with Crippen LogP contribution in [-0.4, -0.2) is 24.4 Å². The first-order chi connectivity index (χ1) is 10.3. The van der Waals surface area contributed by atoms with Crippen molar-refractivity contribution < 1.29 is 9.26 Å². The van der Waals surface area contributed by atoms with Crippen molar-refractivity contribution in [3.05, 3.63) is 52.9 Å². The Hall–Kier alpha value is -1.65. The summed E-state index contributed by atoms with van der Waals surface area (Å²) < 4.78 is 11.5. The van der Waals surface area contributed by atoms with Crippen LogP contribution >= 0.6 is 0 Å². The summed E-state index contributed by atoms with van der Waals surface area (Å²) in [4.78, 5) is 0. The average Bonchev–Trinajstić information content (AvgIpc) is 2.85. The fourth-order valence-corrected chi connectivity index (χ4v) is 3.13. The Morgan fingerprint density at radius 2 is 2.10 bits per heavy atom. The number of nitrogens with zero attached hydrogens (tertiary/aromatic N) is 1. The molecule has 2 unspecified atom stereocenters. The number of nitrogens with one attached hydrogen (secondary N) is 1. The predicted molar refractivity (Wildman–Crippen MR) is 81.2 cm³/mol. The van der Waals surface area contributed by atoms with E-state index in [1.54, 1.807) is 0 Å². The van der Waals surface area contributed by atoms with E-state index in [9.17, 15) is 0 Å². The van der Waals surface area contributed by atoms with Crippen LogP contribution in [0, 0.1) is 13.8 Å². The summed E-state index contributed by atoms with van der Waals surface area (Å²) in [6, 6.07) is 10.3. The van der Waals surface area contributed by atoms with Crippen molar-refractivity contribution in [2.24, 2.45) is 0 Å². The predicted octanol–water partition coefficient (Wildman–Crippen LogP) is 2.95. The lowest BCUT2D eigenvalue weighted by atomic mass is 9.86. The number of hydrogen-bond acceptors (Lipinski definition) is 4. The molecular formula is C17H22N2O2. The highest BCUT2D eigenvalue weighted by Crippen LogP contribution is 2.32. The van der Waals surface area contributed by atoms with Crippen LogP contribution in [0.3, 0.4) is 0 Å². The van der Waals surface area contributed by atoms with Crippen LogP contribution in [-0.2, 0) is 11.3 Å². The van der Waals surface area contributed by atoms with Crippen LogP contribution in [0.25, 0.3) is 0 Å². The molecule has 2 atom stereocenters. The Labute approximate surface area is 125 Å². The van der Waals surface area contributed by atoms with Gasteiger partial charge in [0.15, 0.2) is 0 Å². The van der Waals surface area contributed by atoms with E-state index < -0.39 is 0 Å². The summed E-state index contributed by atoms with van der Waals surface area (Å²) in [5.41, 5.74) is 3.43. The second-order valence-electron chi connectivity index (χ2n) is 5.67. The molecule has 0 amide bonds. The van der Waals surface area contributed by atoms with Gasteiger partial charge in [0, 0.05) is 18.0 Å². The van der Waals surface area contributed by atoms with Gasteiger partial charge in [-0.05, 0) is 32.4 Å². The third kappa shape index (κ3) is 3.17. The number of hydrogen-bond donors (Lipinski definition) is 1. The summed E-state index contributed by atoms with van der Waals surface area (Å²) >= 11 is 0. The van der Waals surface area contributed by atoms with Crippen LogP contribution < -0.4 is 5.32 Å². The smallest absolute Gasteiger partial charge is 0.137 e. The van der Waals surface area contributed by atoms with E-state index in [0.717, 1.165) is 31.0 Å². The van der Waals surface area contributed by atoms with Gasteiger partial charge in [-0.1, -0.05) is 35.5 Å². The molecule has 1 N–H and O–H groups in total. The third-order valence-electron chi connectivity index (χ3n) is 4.19. The van der Waals surface area contributed by atoms with Crippen LogP contribution in [0.5, 0.6) is 0 Å². The molecule has 3 rings (SSSR count). The summed E-state index contributed by atoms with van der Waals surface area (Å²) in [5.74, 6) is 1.29. The van der Waals surface area contributed by atoms with Crippen LogP contribution in [0.1, 0.15) is 34.9 Å². The molecule has 1 aromatic heterocycles. The van der Waals surface area contributed by atoms with Gasteiger partial charge in [-0.2, -0.15) is 0 Å². The standard InChI is InChI=1S/C17H22N2O2/c1-12-17(13(2)21-19-12)15-8-9-18-10-16(15)20-11-14-6-4-3-5-7-14/h3-7,15-16,18H,8-11H2,1-2H3. The maximum atomic E-state index is 6.18. The lowest BCUT2D eigenvalue weighted by Gasteiger charge is -2.32. The van der Waals surface area contributed by atoms with Crippen molar-refractivity contribution >= 4 is 0 Å². The molecule has 21 heavy (non-hydrogen) atoms. The zero-order valence-corrected chi connectivity index (χ0v) is 12.6. The maximum absolute atomic E-state index is 6.18. The van der Waals surface area contributed by atoms with E-state index in [1.165, 1.54) is 11.1 Å². The molecule has 1 saturated heterocycles. The van der Waals surface area contributed by atoms with Crippen LogP contribution in [0.15, 0.2) is 34.9 Å². The first kappa shape index (κ1) is 14.3. The Kier molecular flexibility index (Phi) is 4.36. The van der Waals surface area contributed by atoms with Crippen molar-refractivity contribution in [2.75, 3.05) is 13.1 Å². The maximum Gasteiger partial charge on any atom is 0.137 e. The van der Waals surface area contributed by atoms with Gasteiger partial charge < -0.3 is 14.6 Å². The number of ether oxygens (including phenoxy) is 1. The molecule has 4 heteroatoms. The summed E-state index contributed by atoms with van der Waals surface area (Å²) in [5, 5.41) is 7.52. The molecule has 0 saturated carbocycles. The van der Waals surface area contributed by atoms with Crippen molar-refractivity contribution in [3.8, 4) is 0 Å². The summed E-state index contributed by atoms with van der Waals surface area (Å²) in [7, 11) is 0. The van der Waals surface area contributed by atoms with Gasteiger partial charge in [-0.25, -0.2) is 0 Å². The van der Waals surface area contributed by atoms with Crippen LogP contribution in [0.2, 0.25) is 0 Å². The quantitative estimate of drug-likeness (QED) is 0.938. The molecule has 1 aliphatic rings. The number of benzene rings is 1. The topological polar surface area (TPSA) is 47.3 Å². The molecule has 0 aliphatic carbocycles. The first-order valence-electron chi connectivity index (χ1n) is 7.54. The van der Waals surface area contributed by atoms with Gasteiger partial charge in [-0.3, -0.25) is 0 Å². The van der Waals surface area contributed by atoms with Gasteiger partial charge >= 0.3 is 0 Å². The summed E-state index contributed by atoms with van der Waals surface area (Å²) in [6.07, 6.45) is 1.22. The number of aromatic nitrogens is 1. The minimum absolute atomic E-state index is 0.163. The molecule has 0 spiro atoms. The SMILES string of the molecule is Cc1noc(C)c1C1CCNCC1OCc1ccccc1. The molecule has 112 valence electrons. The number of aryl methyl sites for hydroxylation is 2. The lowest BCUT2D eigenvalue weighted by Crippen LogP contribution is -2.41. The molecule has 2 heterocycles. The molecule has 0 radical (unpaired) electrons. The van der Waals surface area contributed by atoms with Crippen molar-refractivity contribution in [3.63, 3.8) is 0 Å². The molecule has 1 aliphatic heterocycles. The van der Waals surface area contributed by atoms with Gasteiger partial charge in [0.2, 0.25) is 0 Å². The minimum atomic E-state index is 0.163. The highest BCUT2D eigenvalue weighted by atomic mass is 16.5. The third-order valence-corrected chi connectivity index (χ3v) is 4.19. The average molecular weight is 286 g/mol. The van der Waals surface area contributed by atoms with Crippen LogP contribution in [0.4, 0.5) is 0 Å². The molecule has 0 bridgehead atoms. The van der Waals surface area contributed by atoms with E-state index in [1.807, 2.05) is 32.0 Å². The molecular weight excluding hydrogens is 264 g/mol. The Morgan fingerprint density at radius 1 is 1.29 bits per heavy atom. The molecule has 1 aromatic carbocycles. The fourth-order valence-electron chi connectivity index (χ4n) is 3.13. The highest BCUT2D eigenvalue weighted by Gasteiger charge is 2.31. The second-order valence-corrected chi connectivity index (χ2v) is 5.67. The molecule has 1 fully saturated rings. The Bertz CT molecular complexity index is 560. The normalized spacial score (nSPS) is 22.4. The van der Waals surface area contributed by atoms with E-state index >= 15 is 0 Å². The van der Waals surface area contributed by atoms with Crippen molar-refractivity contribution in [1.29, 1.82) is 0 Å². The van der Waals surface area contributed by atoms with Crippen molar-refractivity contribution in [2.45, 2.75) is 38.9 Å². The molecule has 2 aromatic rings. The highest BCUT2D eigenvalue weighted by molar-refractivity contribution is 5.27. The van der Waals surface area contributed by atoms with E-state index in [2.05, 4.69) is 22.6 Å². The van der Waals surface area contributed by atoms with E-state index in [-0.39, 0.29) is 6.10 Å². The van der Waals surface area contributed by atoms with E-state index in [0.29, 0.717) is 12.5 Å². The second kappa shape index (κ2) is 6.41. The molecule has 4 nitrogen and oxygen atoms in total. The minimum Gasteiger partial charge on any atom is -0.372 e. The zero-order valence-electron chi connectivity index (χ0n) is 12.6. The van der Waals surface area contributed by atoms with Gasteiger partial charge in [0.05, 0.1) is 18.4 Å². The van der Waals surface area contributed by atoms with Gasteiger partial charge in [-0.15, -0.1) is 0 Å². The number of piperidine rings is 1. The van der Waals surface area contributed by atoms with Gasteiger partial charge in [0.25, 0.3) is 0 Å².